The van der Waals surface area contributed by atoms with E-state index in [4.69, 9.17) is 28.4 Å². The minimum atomic E-state index is -1.77. The van der Waals surface area contributed by atoms with Gasteiger partial charge in [-0.2, -0.15) is 0 Å². The number of rotatable bonds is 43. The zero-order valence-corrected chi connectivity index (χ0v) is 44.6. The van der Waals surface area contributed by atoms with Gasteiger partial charge in [-0.3, -0.25) is 9.59 Å². The number of carbonyl (C=O) groups is 2. The average Bonchev–Trinajstić information content (AvgIpc) is 3.38. The lowest BCUT2D eigenvalue weighted by Crippen LogP contribution is -2.61. The highest BCUT2D eigenvalue weighted by atomic mass is 16.7. The smallest absolute Gasteiger partial charge is 0.306 e. The number of ether oxygens (including phenoxy) is 6. The molecule has 0 aromatic rings. The van der Waals surface area contributed by atoms with Crippen LogP contribution in [0.5, 0.6) is 0 Å². The van der Waals surface area contributed by atoms with E-state index in [1.165, 1.54) is 44.9 Å². The average molecular weight is 1040 g/mol. The van der Waals surface area contributed by atoms with Crippen molar-refractivity contribution in [2.75, 3.05) is 26.4 Å². The van der Waals surface area contributed by atoms with E-state index in [9.17, 15) is 45.3 Å². The summed E-state index contributed by atoms with van der Waals surface area (Å²) in [4.78, 5) is 25.9. The highest BCUT2D eigenvalue weighted by molar-refractivity contribution is 5.70. The van der Waals surface area contributed by atoms with Crippen LogP contribution < -0.4 is 0 Å². The molecule has 420 valence electrons. The first-order valence-corrected chi connectivity index (χ1v) is 28.0. The molecule has 2 saturated heterocycles. The molecule has 0 bridgehead atoms. The maximum atomic E-state index is 13.1. The van der Waals surface area contributed by atoms with Crippen molar-refractivity contribution < 1.29 is 73.8 Å². The minimum Gasteiger partial charge on any atom is -0.462 e. The number of aliphatic hydroxyl groups excluding tert-OH is 7. The van der Waals surface area contributed by atoms with Gasteiger partial charge in [0.2, 0.25) is 0 Å². The second-order valence-corrected chi connectivity index (χ2v) is 19.4. The minimum absolute atomic E-state index is 0.144. The van der Waals surface area contributed by atoms with E-state index in [2.05, 4.69) is 86.8 Å². The fraction of sp³-hybridized carbons (Fsp3) is 0.759. The molecule has 2 fully saturated rings. The SMILES string of the molecule is CC/C=C\C/C=C\C/C=C\C/C=C\CCCCCCCCC(=O)OC(COC(=O)CCCCCCCCC/C=C\C/C=C\CCCCCC)COC1OC(COC2OC(CO)C(O)C(O)C2O)C(O)C(O)C1O. The Hall–Kier alpha value is -3.06. The summed E-state index contributed by atoms with van der Waals surface area (Å²) in [5, 5.41) is 72.2. The topological polar surface area (TPSA) is 231 Å². The van der Waals surface area contributed by atoms with Crippen LogP contribution in [0.25, 0.3) is 0 Å². The molecule has 2 aliphatic heterocycles. The van der Waals surface area contributed by atoms with Gasteiger partial charge in [-0.25, -0.2) is 0 Å². The first kappa shape index (κ1) is 66.1. The molecule has 15 heteroatoms. The van der Waals surface area contributed by atoms with Gasteiger partial charge < -0.3 is 64.2 Å². The monoisotopic (exact) mass is 1030 g/mol. The van der Waals surface area contributed by atoms with E-state index in [-0.39, 0.29) is 19.4 Å². The summed E-state index contributed by atoms with van der Waals surface area (Å²) in [6, 6.07) is 0. The van der Waals surface area contributed by atoms with Gasteiger partial charge in [0.15, 0.2) is 18.7 Å². The third-order valence-electron chi connectivity index (χ3n) is 12.9. The Morgan fingerprint density at radius 3 is 1.36 bits per heavy atom. The second-order valence-electron chi connectivity index (χ2n) is 19.4. The molecular formula is C58H98O15. The van der Waals surface area contributed by atoms with Crippen molar-refractivity contribution in [3.8, 4) is 0 Å². The molecule has 0 aliphatic carbocycles. The van der Waals surface area contributed by atoms with Gasteiger partial charge in [0.25, 0.3) is 0 Å². The van der Waals surface area contributed by atoms with Crippen molar-refractivity contribution in [3.63, 3.8) is 0 Å². The molecule has 2 aliphatic rings. The number of allylic oxidation sites excluding steroid dienone is 12. The fourth-order valence-electron chi connectivity index (χ4n) is 8.36. The first-order chi connectivity index (χ1) is 35.5. The summed E-state index contributed by atoms with van der Waals surface area (Å²) in [6.45, 7) is 2.44. The number of unbranched alkanes of at least 4 members (excludes halogenated alkanes) is 17. The lowest BCUT2D eigenvalue weighted by atomic mass is 9.98. The molecule has 0 saturated carbocycles. The van der Waals surface area contributed by atoms with Crippen LogP contribution in [-0.4, -0.2) is 142 Å². The van der Waals surface area contributed by atoms with Crippen molar-refractivity contribution in [1.82, 2.24) is 0 Å². The van der Waals surface area contributed by atoms with E-state index < -0.39 is 99.3 Å². The fourth-order valence-corrected chi connectivity index (χ4v) is 8.36. The van der Waals surface area contributed by atoms with Crippen molar-refractivity contribution in [2.45, 2.75) is 255 Å². The summed E-state index contributed by atoms with van der Waals surface area (Å²) in [5.41, 5.74) is 0. The first-order valence-electron chi connectivity index (χ1n) is 28.0. The summed E-state index contributed by atoms with van der Waals surface area (Å²) >= 11 is 0. The van der Waals surface area contributed by atoms with E-state index >= 15 is 0 Å². The number of aliphatic hydroxyl groups is 7. The normalized spacial score (nSPS) is 25.4. The third-order valence-corrected chi connectivity index (χ3v) is 12.9. The Labute approximate surface area is 438 Å². The van der Waals surface area contributed by atoms with Crippen LogP contribution >= 0.6 is 0 Å². The van der Waals surface area contributed by atoms with Crippen LogP contribution in [0.4, 0.5) is 0 Å². The van der Waals surface area contributed by atoms with Crippen LogP contribution in [0.3, 0.4) is 0 Å². The number of carbonyl (C=O) groups excluding carboxylic acids is 2. The van der Waals surface area contributed by atoms with Gasteiger partial charge >= 0.3 is 11.9 Å². The maximum Gasteiger partial charge on any atom is 0.306 e. The molecule has 0 aromatic heterocycles. The molecule has 0 radical (unpaired) electrons. The van der Waals surface area contributed by atoms with Gasteiger partial charge in [0.05, 0.1) is 19.8 Å². The Kier molecular flexibility index (Phi) is 39.9. The van der Waals surface area contributed by atoms with Crippen LogP contribution in [0.15, 0.2) is 72.9 Å². The Balaban J connectivity index is 1.79. The summed E-state index contributed by atoms with van der Waals surface area (Å²) in [5.74, 6) is -0.953. The zero-order valence-electron chi connectivity index (χ0n) is 44.6. The number of hydrogen-bond acceptors (Lipinski definition) is 15. The van der Waals surface area contributed by atoms with E-state index in [0.29, 0.717) is 12.8 Å². The molecule has 11 atom stereocenters. The van der Waals surface area contributed by atoms with Gasteiger partial charge in [0.1, 0.15) is 55.4 Å². The third kappa shape index (κ3) is 31.6. The maximum absolute atomic E-state index is 13.1. The largest absolute Gasteiger partial charge is 0.462 e. The van der Waals surface area contributed by atoms with Crippen LogP contribution in [0.2, 0.25) is 0 Å². The van der Waals surface area contributed by atoms with Crippen LogP contribution in [-0.2, 0) is 38.0 Å². The number of hydrogen-bond donors (Lipinski definition) is 7. The summed E-state index contributed by atoms with van der Waals surface area (Å²) < 4.78 is 33.6. The zero-order chi connectivity index (χ0) is 53.2. The summed E-state index contributed by atoms with van der Waals surface area (Å²) in [7, 11) is 0. The molecule has 15 nitrogen and oxygen atoms in total. The van der Waals surface area contributed by atoms with Crippen LogP contribution in [0.1, 0.15) is 187 Å². The molecule has 2 heterocycles. The highest BCUT2D eigenvalue weighted by Crippen LogP contribution is 2.26. The standard InChI is InChI=1S/C58H98O15/c1-3-5-7-9-11-13-15-17-19-21-23-25-27-29-31-33-35-37-39-41-50(61)71-46(43-68-49(60)40-38-36-34-32-30-28-26-24-22-20-18-16-14-12-10-8-6-4-2)44-69-57-56(67)54(65)52(63)48(73-57)45-70-58-55(66)53(64)51(62)47(42-59)72-58/h5,7,11,13-14,16-17,19-20,22-23,25,46-48,51-59,62-67H,3-4,6,8-10,12,15,18,21,24,26-45H2,1-2H3/b7-5-,13-11-,16-14-,19-17-,22-20-,25-23-. The van der Waals surface area contributed by atoms with Crippen molar-refractivity contribution in [1.29, 1.82) is 0 Å². The molecule has 0 amide bonds. The Morgan fingerprint density at radius 2 is 0.863 bits per heavy atom. The van der Waals surface area contributed by atoms with Crippen molar-refractivity contribution in [2.24, 2.45) is 0 Å². The molecule has 7 N–H and O–H groups in total. The van der Waals surface area contributed by atoms with E-state index in [0.717, 1.165) is 103 Å². The van der Waals surface area contributed by atoms with Gasteiger partial charge in [-0.15, -0.1) is 0 Å². The van der Waals surface area contributed by atoms with E-state index in [1.54, 1.807) is 0 Å². The molecular weight excluding hydrogens is 937 g/mol. The quantitative estimate of drug-likeness (QED) is 0.0172. The van der Waals surface area contributed by atoms with E-state index in [1.807, 2.05) is 0 Å². The van der Waals surface area contributed by atoms with Gasteiger partial charge in [-0.1, -0.05) is 164 Å². The lowest BCUT2D eigenvalue weighted by molar-refractivity contribution is -0.332. The van der Waals surface area contributed by atoms with Crippen molar-refractivity contribution >= 4 is 11.9 Å². The Morgan fingerprint density at radius 1 is 0.452 bits per heavy atom. The van der Waals surface area contributed by atoms with Gasteiger partial charge in [-0.05, 0) is 83.5 Å². The molecule has 73 heavy (non-hydrogen) atoms. The predicted octanol–water partition coefficient (Wildman–Crippen LogP) is 8.99. The molecule has 0 aromatic carbocycles. The lowest BCUT2D eigenvalue weighted by Gasteiger charge is -2.42. The molecule has 11 unspecified atom stereocenters. The number of esters is 2. The second kappa shape index (κ2) is 44.1. The molecule has 0 spiro atoms. The molecule has 2 rings (SSSR count). The van der Waals surface area contributed by atoms with Gasteiger partial charge in [0, 0.05) is 12.8 Å². The van der Waals surface area contributed by atoms with Crippen LogP contribution in [0, 0.1) is 0 Å². The predicted molar refractivity (Wildman–Crippen MR) is 284 cm³/mol. The Bertz CT molecular complexity index is 1540. The summed E-state index contributed by atoms with van der Waals surface area (Å²) in [6.07, 6.45) is 36.3. The van der Waals surface area contributed by atoms with Crippen molar-refractivity contribution in [3.05, 3.63) is 72.9 Å². The highest BCUT2D eigenvalue weighted by Gasteiger charge is 2.47.